The Bertz CT molecular complexity index is 683. The normalized spacial score (nSPS) is 13.5. The Balaban J connectivity index is 2.30. The number of nitrogens with two attached hydrogens (primary N) is 1. The zero-order chi connectivity index (χ0) is 14.6. The first-order valence-electron chi connectivity index (χ1n) is 6.74. The van der Waals surface area contributed by atoms with E-state index in [2.05, 4.69) is 4.72 Å². The highest BCUT2D eigenvalue weighted by Gasteiger charge is 2.17. The van der Waals surface area contributed by atoms with E-state index in [1.165, 1.54) is 0 Å². The van der Waals surface area contributed by atoms with E-state index >= 15 is 0 Å². The summed E-state index contributed by atoms with van der Waals surface area (Å²) in [5, 5.41) is 2.21. The molecular formula is C15H20N2O2S. The maximum atomic E-state index is 11.9. The summed E-state index contributed by atoms with van der Waals surface area (Å²) < 4.78 is 26.4. The lowest BCUT2D eigenvalue weighted by Gasteiger charge is -2.17. The maximum absolute atomic E-state index is 11.9. The molecule has 0 bridgehead atoms. The number of benzene rings is 2. The Morgan fingerprint density at radius 2 is 1.85 bits per heavy atom. The second kappa shape index (κ2) is 6.35. The number of fused-ring (bicyclic) bond motifs is 1. The first-order valence-corrected chi connectivity index (χ1v) is 8.39. The molecule has 1 atom stereocenters. The second-order valence-electron chi connectivity index (χ2n) is 4.83. The number of hydrogen-bond donors (Lipinski definition) is 2. The second-order valence-corrected chi connectivity index (χ2v) is 6.71. The Hall–Kier alpha value is -1.43. The average Bonchev–Trinajstić information content (AvgIpc) is 2.44. The highest BCUT2D eigenvalue weighted by Crippen LogP contribution is 2.20. The third kappa shape index (κ3) is 3.56. The molecule has 0 aliphatic carbocycles. The number of rotatable bonds is 6. The summed E-state index contributed by atoms with van der Waals surface area (Å²) in [5.41, 5.74) is 6.62. The van der Waals surface area contributed by atoms with Crippen molar-refractivity contribution in [1.29, 1.82) is 0 Å². The lowest BCUT2D eigenvalue weighted by molar-refractivity contribution is 0.557. The van der Waals surface area contributed by atoms with Crippen LogP contribution in [-0.4, -0.2) is 20.7 Å². The van der Waals surface area contributed by atoms with Gasteiger partial charge in [0.15, 0.2) is 0 Å². The van der Waals surface area contributed by atoms with E-state index in [0.29, 0.717) is 6.42 Å². The van der Waals surface area contributed by atoms with Gasteiger partial charge in [-0.15, -0.1) is 0 Å². The molecule has 2 aromatic rings. The van der Waals surface area contributed by atoms with Crippen LogP contribution in [-0.2, 0) is 10.0 Å². The molecule has 0 spiro atoms. The van der Waals surface area contributed by atoms with Crippen LogP contribution in [0.3, 0.4) is 0 Å². The number of sulfonamides is 1. The van der Waals surface area contributed by atoms with E-state index in [1.807, 2.05) is 49.4 Å². The summed E-state index contributed by atoms with van der Waals surface area (Å²) in [7, 11) is -3.27. The zero-order valence-corrected chi connectivity index (χ0v) is 12.4. The van der Waals surface area contributed by atoms with Crippen LogP contribution in [0.1, 0.15) is 24.9 Å². The van der Waals surface area contributed by atoms with Crippen molar-refractivity contribution < 1.29 is 8.42 Å². The van der Waals surface area contributed by atoms with Crippen molar-refractivity contribution in [3.8, 4) is 0 Å². The van der Waals surface area contributed by atoms with Crippen molar-refractivity contribution in [2.45, 2.75) is 19.4 Å². The topological polar surface area (TPSA) is 72.2 Å². The molecule has 0 aliphatic heterocycles. The molecule has 108 valence electrons. The summed E-state index contributed by atoms with van der Waals surface area (Å²) in [6.07, 6.45) is 0.588. The van der Waals surface area contributed by atoms with Gasteiger partial charge in [0, 0.05) is 6.54 Å². The maximum Gasteiger partial charge on any atom is 0.212 e. The van der Waals surface area contributed by atoms with Crippen LogP contribution in [0, 0.1) is 0 Å². The summed E-state index contributed by atoms with van der Waals surface area (Å²) in [4.78, 5) is 0. The van der Waals surface area contributed by atoms with Crippen LogP contribution in [0.4, 0.5) is 0 Å². The van der Waals surface area contributed by atoms with Gasteiger partial charge in [-0.3, -0.25) is 0 Å². The first-order chi connectivity index (χ1) is 9.55. The fourth-order valence-electron chi connectivity index (χ4n) is 2.22. The van der Waals surface area contributed by atoms with Crippen LogP contribution in [0.15, 0.2) is 42.5 Å². The summed E-state index contributed by atoms with van der Waals surface area (Å²) >= 11 is 0. The van der Waals surface area contributed by atoms with E-state index in [1.54, 1.807) is 0 Å². The first kappa shape index (κ1) is 15.0. The van der Waals surface area contributed by atoms with Crippen LogP contribution in [0.25, 0.3) is 10.8 Å². The Kier molecular flexibility index (Phi) is 4.75. The lowest BCUT2D eigenvalue weighted by atomic mass is 10.0. The van der Waals surface area contributed by atoms with Crippen molar-refractivity contribution in [1.82, 2.24) is 4.72 Å². The van der Waals surface area contributed by atoms with Gasteiger partial charge < -0.3 is 5.73 Å². The molecule has 5 heteroatoms. The van der Waals surface area contributed by atoms with E-state index in [0.717, 1.165) is 16.3 Å². The van der Waals surface area contributed by atoms with Gasteiger partial charge in [-0.2, -0.15) is 0 Å². The van der Waals surface area contributed by atoms with Crippen LogP contribution in [0.2, 0.25) is 0 Å². The van der Waals surface area contributed by atoms with E-state index in [4.69, 9.17) is 5.73 Å². The Morgan fingerprint density at radius 3 is 2.50 bits per heavy atom. The monoisotopic (exact) mass is 292 g/mol. The molecule has 0 fully saturated rings. The van der Waals surface area contributed by atoms with Gasteiger partial charge in [0.25, 0.3) is 0 Å². The van der Waals surface area contributed by atoms with E-state index in [9.17, 15) is 8.42 Å². The molecule has 20 heavy (non-hydrogen) atoms. The average molecular weight is 292 g/mol. The largest absolute Gasteiger partial charge is 0.329 e. The third-order valence-corrected chi connectivity index (χ3v) is 4.80. The van der Waals surface area contributed by atoms with Gasteiger partial charge in [-0.05, 0) is 28.8 Å². The minimum Gasteiger partial charge on any atom is -0.329 e. The summed E-state index contributed by atoms with van der Waals surface area (Å²) in [6.45, 7) is 2.08. The predicted octanol–water partition coefficient (Wildman–Crippen LogP) is 2.17. The molecule has 4 nitrogen and oxygen atoms in total. The fourth-order valence-corrected chi connectivity index (χ4v) is 3.54. The third-order valence-electron chi connectivity index (χ3n) is 3.21. The molecule has 0 saturated carbocycles. The van der Waals surface area contributed by atoms with Gasteiger partial charge in [0.1, 0.15) is 0 Å². The number of nitrogens with one attached hydrogen (secondary N) is 1. The zero-order valence-electron chi connectivity index (χ0n) is 11.5. The van der Waals surface area contributed by atoms with Gasteiger partial charge in [0.05, 0.1) is 11.8 Å². The van der Waals surface area contributed by atoms with E-state index < -0.39 is 10.0 Å². The number of hydrogen-bond acceptors (Lipinski definition) is 3. The molecule has 1 unspecified atom stereocenters. The van der Waals surface area contributed by atoms with Gasteiger partial charge in [0.2, 0.25) is 10.0 Å². The van der Waals surface area contributed by atoms with Crippen molar-refractivity contribution in [2.75, 3.05) is 12.3 Å². The van der Waals surface area contributed by atoms with Crippen LogP contribution < -0.4 is 10.5 Å². The highest BCUT2D eigenvalue weighted by molar-refractivity contribution is 7.89. The standard InChI is InChI=1S/C15H20N2O2S/c1-2-9-20(18,19)17-15(11-16)14-8-7-12-5-3-4-6-13(12)10-14/h3-8,10,15,17H,2,9,11,16H2,1H3. The lowest BCUT2D eigenvalue weighted by Crippen LogP contribution is -2.34. The molecule has 0 amide bonds. The minimum atomic E-state index is -3.27. The van der Waals surface area contributed by atoms with E-state index in [-0.39, 0.29) is 18.3 Å². The van der Waals surface area contributed by atoms with Gasteiger partial charge >= 0.3 is 0 Å². The predicted molar refractivity (Wildman–Crippen MR) is 83.0 cm³/mol. The molecule has 0 saturated heterocycles. The molecule has 0 aliphatic rings. The van der Waals surface area contributed by atoms with Crippen molar-refractivity contribution in [3.63, 3.8) is 0 Å². The Morgan fingerprint density at radius 1 is 1.15 bits per heavy atom. The Labute approximate surface area is 120 Å². The SMILES string of the molecule is CCCS(=O)(=O)NC(CN)c1ccc2ccccc2c1. The molecular weight excluding hydrogens is 272 g/mol. The van der Waals surface area contributed by atoms with Crippen LogP contribution >= 0.6 is 0 Å². The summed E-state index contributed by atoms with van der Waals surface area (Å²) in [5.74, 6) is 0.122. The van der Waals surface area contributed by atoms with Crippen LogP contribution in [0.5, 0.6) is 0 Å². The quantitative estimate of drug-likeness (QED) is 0.857. The molecule has 0 aromatic heterocycles. The van der Waals surface area contributed by atoms with Gasteiger partial charge in [-0.1, -0.05) is 43.3 Å². The highest BCUT2D eigenvalue weighted by atomic mass is 32.2. The summed E-state index contributed by atoms with van der Waals surface area (Å²) in [6, 6.07) is 13.5. The van der Waals surface area contributed by atoms with Gasteiger partial charge in [-0.25, -0.2) is 13.1 Å². The molecule has 0 heterocycles. The van der Waals surface area contributed by atoms with Crippen molar-refractivity contribution >= 4 is 20.8 Å². The fraction of sp³-hybridized carbons (Fsp3) is 0.333. The van der Waals surface area contributed by atoms with Crippen molar-refractivity contribution in [3.05, 3.63) is 48.0 Å². The smallest absolute Gasteiger partial charge is 0.212 e. The molecule has 0 radical (unpaired) electrons. The molecule has 2 aromatic carbocycles. The molecule has 3 N–H and O–H groups in total. The minimum absolute atomic E-state index is 0.122. The van der Waals surface area contributed by atoms with Crippen molar-refractivity contribution in [2.24, 2.45) is 5.73 Å². The molecule has 2 rings (SSSR count).